The van der Waals surface area contributed by atoms with Crippen molar-refractivity contribution < 1.29 is 17.5 Å². The predicted molar refractivity (Wildman–Crippen MR) is 64.8 cm³/mol. The molecule has 0 aliphatic rings. The summed E-state index contributed by atoms with van der Waals surface area (Å²) in [5.74, 6) is -0.684. The third-order valence-electron chi connectivity index (χ3n) is 2.49. The van der Waals surface area contributed by atoms with Crippen LogP contribution < -0.4 is 4.74 Å². The Hall–Kier alpha value is -1.88. The predicted octanol–water partition coefficient (Wildman–Crippen LogP) is 2.67. The fourth-order valence-corrected chi connectivity index (χ4v) is 2.84. The zero-order valence-corrected chi connectivity index (χ0v) is 10.4. The van der Waals surface area contributed by atoms with Gasteiger partial charge in [-0.1, -0.05) is 18.2 Å². The molecule has 0 saturated carbocycles. The summed E-state index contributed by atoms with van der Waals surface area (Å²) in [6, 6.07) is 11.5. The van der Waals surface area contributed by atoms with E-state index in [1.54, 1.807) is 18.2 Å². The van der Waals surface area contributed by atoms with Crippen LogP contribution >= 0.6 is 0 Å². The van der Waals surface area contributed by atoms with E-state index in [2.05, 4.69) is 0 Å². The molecule has 0 bridgehead atoms. The van der Waals surface area contributed by atoms with Gasteiger partial charge in [-0.3, -0.25) is 0 Å². The lowest BCUT2D eigenvalue weighted by atomic mass is 10.3. The number of halogens is 1. The van der Waals surface area contributed by atoms with Gasteiger partial charge in [0.15, 0.2) is 11.6 Å². The Morgan fingerprint density at radius 3 is 2.22 bits per heavy atom. The molecule has 3 nitrogen and oxygen atoms in total. The monoisotopic (exact) mass is 266 g/mol. The molecule has 94 valence electrons. The average molecular weight is 266 g/mol. The molecule has 2 rings (SSSR count). The summed E-state index contributed by atoms with van der Waals surface area (Å²) in [5.41, 5.74) is 0. The maximum atomic E-state index is 13.5. The Kier molecular flexibility index (Phi) is 3.34. The van der Waals surface area contributed by atoms with Gasteiger partial charge in [-0.25, -0.2) is 12.8 Å². The summed E-state index contributed by atoms with van der Waals surface area (Å²) in [6.45, 7) is 0. The molecule has 0 aliphatic carbocycles. The summed E-state index contributed by atoms with van der Waals surface area (Å²) >= 11 is 0. The molecular weight excluding hydrogens is 255 g/mol. The molecule has 0 amide bonds. The molecule has 0 unspecified atom stereocenters. The van der Waals surface area contributed by atoms with E-state index in [1.807, 2.05) is 0 Å². The Balaban J connectivity index is 2.52. The molecule has 2 aromatic carbocycles. The summed E-state index contributed by atoms with van der Waals surface area (Å²) in [5, 5.41) is 0. The number of sulfone groups is 1. The van der Waals surface area contributed by atoms with E-state index < -0.39 is 15.7 Å². The maximum Gasteiger partial charge on any atom is 0.206 e. The zero-order chi connectivity index (χ0) is 13.2. The Morgan fingerprint density at radius 1 is 1.00 bits per heavy atom. The van der Waals surface area contributed by atoms with E-state index in [4.69, 9.17) is 4.74 Å². The highest BCUT2D eigenvalue weighted by Gasteiger charge is 2.18. The van der Waals surface area contributed by atoms with E-state index in [-0.39, 0.29) is 15.5 Å². The van der Waals surface area contributed by atoms with Crippen LogP contribution in [-0.2, 0) is 9.84 Å². The van der Waals surface area contributed by atoms with Crippen molar-refractivity contribution in [3.8, 4) is 5.75 Å². The van der Waals surface area contributed by atoms with Crippen LogP contribution in [0.2, 0.25) is 0 Å². The molecule has 0 heterocycles. The van der Waals surface area contributed by atoms with Gasteiger partial charge in [0.2, 0.25) is 9.84 Å². The third-order valence-corrected chi connectivity index (χ3v) is 4.25. The van der Waals surface area contributed by atoms with Crippen molar-refractivity contribution in [1.82, 2.24) is 0 Å². The molecule has 2 aromatic rings. The molecule has 0 aliphatic heterocycles. The van der Waals surface area contributed by atoms with Crippen molar-refractivity contribution in [2.45, 2.75) is 9.79 Å². The quantitative estimate of drug-likeness (QED) is 0.857. The first-order chi connectivity index (χ1) is 8.55. The smallest absolute Gasteiger partial charge is 0.206 e. The summed E-state index contributed by atoms with van der Waals surface area (Å²) in [4.78, 5) is 0.0431. The Bertz CT molecular complexity index is 651. The lowest BCUT2D eigenvalue weighted by Gasteiger charge is -2.06. The van der Waals surface area contributed by atoms with Crippen LogP contribution in [0.25, 0.3) is 0 Å². The molecule has 0 aromatic heterocycles. The van der Waals surface area contributed by atoms with Gasteiger partial charge in [0.1, 0.15) is 0 Å². The highest BCUT2D eigenvalue weighted by Crippen LogP contribution is 2.25. The number of hydrogen-bond donors (Lipinski definition) is 0. The SMILES string of the molecule is COc1ccc(S(=O)(=O)c2ccccc2)cc1F. The van der Waals surface area contributed by atoms with Gasteiger partial charge in [-0.15, -0.1) is 0 Å². The van der Waals surface area contributed by atoms with E-state index >= 15 is 0 Å². The second kappa shape index (κ2) is 4.78. The summed E-state index contributed by atoms with van der Waals surface area (Å²) in [7, 11) is -2.36. The number of methoxy groups -OCH3 is 1. The van der Waals surface area contributed by atoms with Gasteiger partial charge in [-0.05, 0) is 30.3 Å². The van der Waals surface area contributed by atoms with E-state index in [0.29, 0.717) is 0 Å². The molecule has 18 heavy (non-hydrogen) atoms. The molecule has 0 N–H and O–H groups in total. The van der Waals surface area contributed by atoms with E-state index in [1.165, 1.54) is 31.4 Å². The van der Waals surface area contributed by atoms with Crippen molar-refractivity contribution in [3.05, 3.63) is 54.3 Å². The largest absolute Gasteiger partial charge is 0.494 e. The number of rotatable bonds is 3. The van der Waals surface area contributed by atoms with Crippen molar-refractivity contribution in [2.24, 2.45) is 0 Å². The topological polar surface area (TPSA) is 43.4 Å². The first kappa shape index (κ1) is 12.6. The minimum absolute atomic E-state index is 0.0158. The van der Waals surface area contributed by atoms with Crippen LogP contribution in [0.15, 0.2) is 58.3 Å². The molecule has 0 atom stereocenters. The average Bonchev–Trinajstić information content (AvgIpc) is 2.39. The van der Waals surface area contributed by atoms with Gasteiger partial charge in [-0.2, -0.15) is 0 Å². The van der Waals surface area contributed by atoms with Crippen LogP contribution in [-0.4, -0.2) is 15.5 Å². The molecule has 0 fully saturated rings. The maximum absolute atomic E-state index is 13.5. The highest BCUT2D eigenvalue weighted by molar-refractivity contribution is 7.91. The molecule has 0 saturated heterocycles. The van der Waals surface area contributed by atoms with E-state index in [9.17, 15) is 12.8 Å². The van der Waals surface area contributed by atoms with Crippen LogP contribution in [0, 0.1) is 5.82 Å². The van der Waals surface area contributed by atoms with Crippen LogP contribution in [0.5, 0.6) is 5.75 Å². The van der Waals surface area contributed by atoms with Gasteiger partial charge in [0.05, 0.1) is 16.9 Å². The van der Waals surface area contributed by atoms with Gasteiger partial charge >= 0.3 is 0 Å². The number of hydrogen-bond acceptors (Lipinski definition) is 3. The van der Waals surface area contributed by atoms with Crippen LogP contribution in [0.1, 0.15) is 0 Å². The van der Waals surface area contributed by atoms with Gasteiger partial charge in [0, 0.05) is 0 Å². The van der Waals surface area contributed by atoms with Gasteiger partial charge in [0.25, 0.3) is 0 Å². The van der Waals surface area contributed by atoms with Crippen LogP contribution in [0.3, 0.4) is 0 Å². The first-order valence-corrected chi connectivity index (χ1v) is 6.67. The second-order valence-electron chi connectivity index (χ2n) is 3.61. The molecule has 0 spiro atoms. The first-order valence-electron chi connectivity index (χ1n) is 5.19. The van der Waals surface area contributed by atoms with Crippen molar-refractivity contribution in [3.63, 3.8) is 0 Å². The Morgan fingerprint density at radius 2 is 1.67 bits per heavy atom. The van der Waals surface area contributed by atoms with Crippen molar-refractivity contribution in [2.75, 3.05) is 7.11 Å². The fourth-order valence-electron chi connectivity index (χ4n) is 1.55. The Labute approximate surface area is 105 Å². The van der Waals surface area contributed by atoms with Crippen molar-refractivity contribution in [1.29, 1.82) is 0 Å². The van der Waals surface area contributed by atoms with Gasteiger partial charge < -0.3 is 4.74 Å². The minimum Gasteiger partial charge on any atom is -0.494 e. The molecule has 0 radical (unpaired) electrons. The number of benzene rings is 2. The fraction of sp³-hybridized carbons (Fsp3) is 0.0769. The lowest BCUT2D eigenvalue weighted by molar-refractivity contribution is 0.385. The molecule has 5 heteroatoms. The highest BCUT2D eigenvalue weighted by atomic mass is 32.2. The lowest BCUT2D eigenvalue weighted by Crippen LogP contribution is -2.02. The molecular formula is C13H11FO3S. The standard InChI is InChI=1S/C13H11FO3S/c1-17-13-8-7-11(9-12(13)14)18(15,16)10-5-3-2-4-6-10/h2-9H,1H3. The van der Waals surface area contributed by atoms with Crippen LogP contribution in [0.4, 0.5) is 4.39 Å². The van der Waals surface area contributed by atoms with Crippen molar-refractivity contribution >= 4 is 9.84 Å². The van der Waals surface area contributed by atoms with E-state index in [0.717, 1.165) is 6.07 Å². The summed E-state index contributed by atoms with van der Waals surface area (Å²) in [6.07, 6.45) is 0. The minimum atomic E-state index is -3.68. The second-order valence-corrected chi connectivity index (χ2v) is 5.56. The normalized spacial score (nSPS) is 11.2. The zero-order valence-electron chi connectivity index (χ0n) is 9.63. The number of ether oxygens (including phenoxy) is 1. The third kappa shape index (κ3) is 2.22. The summed E-state index contributed by atoms with van der Waals surface area (Å²) < 4.78 is 42.6.